The minimum absolute atomic E-state index is 0.0463. The molecule has 0 aromatic heterocycles. The molecule has 6 heteroatoms. The Labute approximate surface area is 113 Å². The van der Waals surface area contributed by atoms with Gasteiger partial charge >= 0.3 is 0 Å². The molecule has 4 N–H and O–H groups in total. The Kier molecular flexibility index (Phi) is 5.15. The van der Waals surface area contributed by atoms with Crippen molar-refractivity contribution in [1.82, 2.24) is 10.6 Å². The normalized spacial score (nSPS) is 31.0. The van der Waals surface area contributed by atoms with Crippen molar-refractivity contribution in [2.45, 2.75) is 56.7 Å². The Hall–Kier alpha value is -1.14. The predicted molar refractivity (Wildman–Crippen MR) is 70.4 cm³/mol. The van der Waals surface area contributed by atoms with E-state index in [1.54, 1.807) is 0 Å². The molecule has 2 aliphatic rings. The SMILES string of the molecule is NC1CCC(OCCNC(=O)[C@@H]2CCC(=O)N2)CC1. The van der Waals surface area contributed by atoms with Crippen molar-refractivity contribution in [2.75, 3.05) is 13.2 Å². The molecule has 0 bridgehead atoms. The van der Waals surface area contributed by atoms with Gasteiger partial charge in [-0.05, 0) is 32.1 Å². The molecule has 19 heavy (non-hydrogen) atoms. The summed E-state index contributed by atoms with van der Waals surface area (Å²) in [4.78, 5) is 22.7. The fourth-order valence-electron chi connectivity index (χ4n) is 2.59. The van der Waals surface area contributed by atoms with E-state index in [0.29, 0.717) is 32.0 Å². The number of ether oxygens (including phenoxy) is 1. The molecule has 0 spiro atoms. The number of nitrogens with two attached hydrogens (primary N) is 1. The minimum atomic E-state index is -0.361. The van der Waals surface area contributed by atoms with Crippen LogP contribution >= 0.6 is 0 Å². The molecule has 2 fully saturated rings. The third kappa shape index (κ3) is 4.47. The van der Waals surface area contributed by atoms with Crippen molar-refractivity contribution in [3.8, 4) is 0 Å². The highest BCUT2D eigenvalue weighted by molar-refractivity contribution is 5.90. The third-order valence-corrected chi connectivity index (χ3v) is 3.79. The molecule has 0 radical (unpaired) electrons. The number of nitrogens with one attached hydrogen (secondary N) is 2. The highest BCUT2D eigenvalue weighted by Gasteiger charge is 2.26. The lowest BCUT2D eigenvalue weighted by atomic mass is 9.94. The van der Waals surface area contributed by atoms with E-state index in [-0.39, 0.29) is 24.0 Å². The van der Waals surface area contributed by atoms with Crippen LogP contribution in [-0.4, -0.2) is 43.2 Å². The van der Waals surface area contributed by atoms with E-state index in [1.165, 1.54) is 0 Å². The lowest BCUT2D eigenvalue weighted by molar-refractivity contribution is -0.126. The van der Waals surface area contributed by atoms with Gasteiger partial charge in [0.2, 0.25) is 11.8 Å². The molecule has 0 unspecified atom stereocenters. The number of hydrogen-bond acceptors (Lipinski definition) is 4. The molecule has 1 aliphatic heterocycles. The van der Waals surface area contributed by atoms with Crippen molar-refractivity contribution in [2.24, 2.45) is 5.73 Å². The summed E-state index contributed by atoms with van der Waals surface area (Å²) in [7, 11) is 0. The van der Waals surface area contributed by atoms with Gasteiger partial charge in [0.15, 0.2) is 0 Å². The maximum Gasteiger partial charge on any atom is 0.242 e. The van der Waals surface area contributed by atoms with E-state index in [1.807, 2.05) is 0 Å². The standard InChI is InChI=1S/C13H23N3O3/c14-9-1-3-10(4-2-9)19-8-7-15-13(18)11-5-6-12(17)16-11/h9-11H,1-8,14H2,(H,15,18)(H,16,17)/t9?,10?,11-/m0/s1. The van der Waals surface area contributed by atoms with Gasteiger partial charge in [-0.3, -0.25) is 9.59 Å². The average molecular weight is 269 g/mol. The van der Waals surface area contributed by atoms with Crippen molar-refractivity contribution in [1.29, 1.82) is 0 Å². The van der Waals surface area contributed by atoms with Gasteiger partial charge in [0.1, 0.15) is 6.04 Å². The first kappa shape index (κ1) is 14.3. The number of rotatable bonds is 5. The summed E-state index contributed by atoms with van der Waals surface area (Å²) in [6.45, 7) is 1.01. The van der Waals surface area contributed by atoms with Crippen LogP contribution in [0.5, 0.6) is 0 Å². The van der Waals surface area contributed by atoms with Gasteiger partial charge in [0.25, 0.3) is 0 Å². The minimum Gasteiger partial charge on any atom is -0.376 e. The molecule has 0 aromatic rings. The first-order valence-electron chi connectivity index (χ1n) is 7.09. The summed E-state index contributed by atoms with van der Waals surface area (Å²) in [5.74, 6) is -0.157. The molecule has 2 rings (SSSR count). The number of carbonyl (C=O) groups excluding carboxylic acids is 2. The van der Waals surface area contributed by atoms with Gasteiger partial charge in [-0.25, -0.2) is 0 Å². The second-order valence-electron chi connectivity index (χ2n) is 5.36. The first-order valence-corrected chi connectivity index (χ1v) is 7.09. The fourth-order valence-corrected chi connectivity index (χ4v) is 2.59. The van der Waals surface area contributed by atoms with E-state index in [4.69, 9.17) is 10.5 Å². The van der Waals surface area contributed by atoms with Crippen molar-refractivity contribution in [3.05, 3.63) is 0 Å². The van der Waals surface area contributed by atoms with Crippen LogP contribution in [0.1, 0.15) is 38.5 Å². The van der Waals surface area contributed by atoms with E-state index < -0.39 is 0 Å². The van der Waals surface area contributed by atoms with Crippen LogP contribution in [0.2, 0.25) is 0 Å². The molecular weight excluding hydrogens is 246 g/mol. The smallest absolute Gasteiger partial charge is 0.242 e. The molecule has 108 valence electrons. The molecule has 2 amide bonds. The van der Waals surface area contributed by atoms with E-state index in [2.05, 4.69) is 10.6 Å². The largest absolute Gasteiger partial charge is 0.376 e. The molecule has 0 aromatic carbocycles. The Morgan fingerprint density at radius 1 is 1.32 bits per heavy atom. The van der Waals surface area contributed by atoms with Crippen LogP contribution in [0.25, 0.3) is 0 Å². The van der Waals surface area contributed by atoms with Crippen LogP contribution in [-0.2, 0) is 14.3 Å². The second kappa shape index (κ2) is 6.86. The van der Waals surface area contributed by atoms with Gasteiger partial charge in [-0.15, -0.1) is 0 Å². The third-order valence-electron chi connectivity index (χ3n) is 3.79. The average Bonchev–Trinajstić information content (AvgIpc) is 2.83. The zero-order chi connectivity index (χ0) is 13.7. The summed E-state index contributed by atoms with van der Waals surface area (Å²) in [5, 5.41) is 5.43. The zero-order valence-electron chi connectivity index (χ0n) is 11.2. The molecule has 1 aliphatic carbocycles. The molecule has 1 saturated heterocycles. The fraction of sp³-hybridized carbons (Fsp3) is 0.846. The quantitative estimate of drug-likeness (QED) is 0.596. The highest BCUT2D eigenvalue weighted by atomic mass is 16.5. The van der Waals surface area contributed by atoms with Crippen LogP contribution in [0.15, 0.2) is 0 Å². The van der Waals surface area contributed by atoms with E-state index >= 15 is 0 Å². The van der Waals surface area contributed by atoms with Crippen LogP contribution in [0.4, 0.5) is 0 Å². The molecule has 1 heterocycles. The van der Waals surface area contributed by atoms with Crippen molar-refractivity contribution < 1.29 is 14.3 Å². The predicted octanol–water partition coefficient (Wildman–Crippen LogP) is -0.332. The Balaban J connectivity index is 1.54. The lowest BCUT2D eigenvalue weighted by Crippen LogP contribution is -2.43. The molecule has 1 atom stereocenters. The monoisotopic (exact) mass is 269 g/mol. The van der Waals surface area contributed by atoms with Crippen LogP contribution in [0.3, 0.4) is 0 Å². The van der Waals surface area contributed by atoms with E-state index in [9.17, 15) is 9.59 Å². The van der Waals surface area contributed by atoms with E-state index in [0.717, 1.165) is 25.7 Å². The Morgan fingerprint density at radius 3 is 2.68 bits per heavy atom. The second-order valence-corrected chi connectivity index (χ2v) is 5.36. The van der Waals surface area contributed by atoms with Gasteiger partial charge in [-0.1, -0.05) is 0 Å². The Bertz CT molecular complexity index is 327. The number of carbonyl (C=O) groups is 2. The van der Waals surface area contributed by atoms with Gasteiger partial charge in [0, 0.05) is 19.0 Å². The summed E-state index contributed by atoms with van der Waals surface area (Å²) in [6.07, 6.45) is 5.36. The molecular formula is C13H23N3O3. The first-order chi connectivity index (χ1) is 9.15. The zero-order valence-corrected chi connectivity index (χ0v) is 11.2. The number of hydrogen-bond donors (Lipinski definition) is 3. The van der Waals surface area contributed by atoms with Gasteiger partial charge in [0.05, 0.1) is 12.7 Å². The number of amides is 2. The van der Waals surface area contributed by atoms with Crippen molar-refractivity contribution in [3.63, 3.8) is 0 Å². The Morgan fingerprint density at radius 2 is 2.05 bits per heavy atom. The van der Waals surface area contributed by atoms with Crippen LogP contribution in [0, 0.1) is 0 Å². The molecule has 1 saturated carbocycles. The summed E-state index contributed by atoms with van der Waals surface area (Å²) >= 11 is 0. The van der Waals surface area contributed by atoms with Crippen molar-refractivity contribution >= 4 is 11.8 Å². The summed E-state index contributed by atoms with van der Waals surface area (Å²) in [5.41, 5.74) is 5.83. The highest BCUT2D eigenvalue weighted by Crippen LogP contribution is 2.19. The maximum absolute atomic E-state index is 11.7. The summed E-state index contributed by atoms with van der Waals surface area (Å²) < 4.78 is 5.71. The maximum atomic E-state index is 11.7. The topological polar surface area (TPSA) is 93.4 Å². The van der Waals surface area contributed by atoms with Gasteiger partial charge in [-0.2, -0.15) is 0 Å². The molecule has 6 nitrogen and oxygen atoms in total. The van der Waals surface area contributed by atoms with Crippen LogP contribution < -0.4 is 16.4 Å². The van der Waals surface area contributed by atoms with Gasteiger partial charge < -0.3 is 21.1 Å². The summed E-state index contributed by atoms with van der Waals surface area (Å²) in [6, 6.07) is -0.0364. The lowest BCUT2D eigenvalue weighted by Gasteiger charge is -2.26.